The SMILES string of the molecule is Cc1ccc(-c2ccc(Cl)c3c(N)nn(C)c23)c([C@H](Cc2cc(F)cc(F)c2)NC(=O)CNC2=C(C(=N)C(F)F)C(F)(F)CCC2(F)F)n1. The molecule has 2 aromatic heterocycles. The summed E-state index contributed by atoms with van der Waals surface area (Å²) < 4.78 is 116. The topological polar surface area (TPSA) is 122 Å². The molecule has 5 rings (SSSR count). The van der Waals surface area contributed by atoms with E-state index in [0.717, 1.165) is 12.1 Å². The van der Waals surface area contributed by atoms with E-state index in [4.69, 9.17) is 22.7 Å². The molecule has 1 atom stereocenters. The van der Waals surface area contributed by atoms with Gasteiger partial charge in [-0.1, -0.05) is 23.7 Å². The first-order valence-electron chi connectivity index (χ1n) is 14.6. The maximum atomic E-state index is 14.9. The number of benzene rings is 2. The third-order valence-corrected chi connectivity index (χ3v) is 8.31. The Bertz CT molecular complexity index is 1980. The van der Waals surface area contributed by atoms with Gasteiger partial charge in [0.05, 0.1) is 45.5 Å². The number of nitrogens with one attached hydrogen (secondary N) is 3. The van der Waals surface area contributed by atoms with Gasteiger partial charge >= 0.3 is 0 Å². The van der Waals surface area contributed by atoms with Crippen LogP contribution < -0.4 is 16.4 Å². The molecule has 0 unspecified atom stereocenters. The van der Waals surface area contributed by atoms with Gasteiger partial charge < -0.3 is 16.4 Å². The number of rotatable bonds is 10. The lowest BCUT2D eigenvalue weighted by atomic mass is 9.86. The maximum Gasteiger partial charge on any atom is 0.288 e. The second kappa shape index (κ2) is 13.3. The maximum absolute atomic E-state index is 14.9. The second-order valence-corrected chi connectivity index (χ2v) is 11.9. The van der Waals surface area contributed by atoms with Gasteiger partial charge in [0.2, 0.25) is 5.91 Å². The van der Waals surface area contributed by atoms with Gasteiger partial charge in [0.15, 0.2) is 5.82 Å². The molecule has 0 radical (unpaired) electrons. The number of allylic oxidation sites excluding steroid dienone is 2. The lowest BCUT2D eigenvalue weighted by molar-refractivity contribution is -0.121. The highest BCUT2D eigenvalue weighted by molar-refractivity contribution is 6.37. The van der Waals surface area contributed by atoms with Crippen LogP contribution in [0.1, 0.15) is 35.8 Å². The summed E-state index contributed by atoms with van der Waals surface area (Å²) in [5.41, 5.74) is 2.54. The van der Waals surface area contributed by atoms with Gasteiger partial charge in [0, 0.05) is 42.8 Å². The zero-order chi connectivity index (χ0) is 36.0. The fourth-order valence-corrected chi connectivity index (χ4v) is 6.13. The molecule has 0 bridgehead atoms. The molecule has 0 spiro atoms. The van der Waals surface area contributed by atoms with E-state index in [1.807, 2.05) is 5.32 Å². The first-order valence-corrected chi connectivity index (χ1v) is 15.0. The van der Waals surface area contributed by atoms with E-state index in [9.17, 15) is 39.9 Å². The van der Waals surface area contributed by atoms with Crippen molar-refractivity contribution >= 4 is 39.9 Å². The van der Waals surface area contributed by atoms with Gasteiger partial charge in [-0.3, -0.25) is 19.9 Å². The van der Waals surface area contributed by atoms with Crippen LogP contribution in [-0.4, -0.2) is 51.2 Å². The summed E-state index contributed by atoms with van der Waals surface area (Å²) in [7, 11) is 1.61. The number of nitrogens with zero attached hydrogens (tertiary/aromatic N) is 3. The summed E-state index contributed by atoms with van der Waals surface area (Å²) in [4.78, 5) is 18.0. The van der Waals surface area contributed by atoms with E-state index in [1.165, 1.54) is 4.68 Å². The van der Waals surface area contributed by atoms with Crippen molar-refractivity contribution in [2.45, 2.75) is 50.5 Å². The van der Waals surface area contributed by atoms with Crippen LogP contribution in [0.2, 0.25) is 5.02 Å². The van der Waals surface area contributed by atoms with Gasteiger partial charge in [0.25, 0.3) is 18.3 Å². The number of hydrogen-bond acceptors (Lipinski definition) is 6. The minimum absolute atomic E-state index is 0.0601. The number of hydrogen-bond donors (Lipinski definition) is 4. The van der Waals surface area contributed by atoms with E-state index in [1.54, 1.807) is 38.2 Å². The molecular formula is C32H28ClF8N7O. The standard InChI is InChI=1S/C32H28ClF8N7O/c1-14-3-4-18(19-5-6-20(33)23-27(19)48(2)47-30(23)43)26(45-14)21(11-15-9-16(34)12-17(35)10-15)46-22(49)13-44-28-24(25(42)29(36)37)31(38,39)7-8-32(28,40)41/h3-6,9-10,12,21,29,42,44H,7-8,11,13H2,1-2H3,(H2,43,47)(H,46,49)/t21-/m0/s1. The number of aryl methyl sites for hydroxylation is 2. The van der Waals surface area contributed by atoms with Crippen LogP contribution in [-0.2, 0) is 18.3 Å². The number of carbonyl (C=O) groups is 1. The van der Waals surface area contributed by atoms with E-state index in [-0.39, 0.29) is 28.5 Å². The number of anilines is 1. The summed E-state index contributed by atoms with van der Waals surface area (Å²) in [6.45, 7) is 0.506. The summed E-state index contributed by atoms with van der Waals surface area (Å²) >= 11 is 6.41. The van der Waals surface area contributed by atoms with Crippen molar-refractivity contribution in [2.75, 3.05) is 12.3 Å². The highest BCUT2D eigenvalue weighted by Crippen LogP contribution is 2.46. The van der Waals surface area contributed by atoms with E-state index < -0.39 is 78.2 Å². The number of nitrogens with two attached hydrogens (primary N) is 1. The van der Waals surface area contributed by atoms with Gasteiger partial charge in [-0.15, -0.1) is 0 Å². The average Bonchev–Trinajstić information content (AvgIpc) is 3.31. The molecule has 1 aliphatic carbocycles. The van der Waals surface area contributed by atoms with Crippen molar-refractivity contribution in [3.8, 4) is 11.1 Å². The predicted octanol–water partition coefficient (Wildman–Crippen LogP) is 7.05. The zero-order valence-electron chi connectivity index (χ0n) is 25.8. The predicted molar refractivity (Wildman–Crippen MR) is 167 cm³/mol. The Hall–Kier alpha value is -4.73. The molecule has 2 heterocycles. The third kappa shape index (κ3) is 7.19. The molecule has 1 amide bonds. The summed E-state index contributed by atoms with van der Waals surface area (Å²) in [6.07, 6.45) is -7.01. The third-order valence-electron chi connectivity index (χ3n) is 7.99. The largest absolute Gasteiger partial charge is 0.382 e. The lowest BCUT2D eigenvalue weighted by Gasteiger charge is -2.34. The minimum Gasteiger partial charge on any atom is -0.382 e. The van der Waals surface area contributed by atoms with Crippen LogP contribution in [0.4, 0.5) is 40.9 Å². The molecule has 0 saturated heterocycles. The van der Waals surface area contributed by atoms with Gasteiger partial charge in [-0.25, -0.2) is 26.3 Å². The molecule has 49 heavy (non-hydrogen) atoms. The Labute approximate surface area is 278 Å². The molecule has 260 valence electrons. The van der Waals surface area contributed by atoms with Gasteiger partial charge in [0.1, 0.15) is 17.3 Å². The van der Waals surface area contributed by atoms with Crippen molar-refractivity contribution in [3.05, 3.63) is 87.3 Å². The quantitative estimate of drug-likeness (QED) is 0.104. The Morgan fingerprint density at radius 3 is 2.33 bits per heavy atom. The number of pyridine rings is 1. The van der Waals surface area contributed by atoms with E-state index >= 15 is 0 Å². The summed E-state index contributed by atoms with van der Waals surface area (Å²) in [5.74, 6) is -11.1. The Balaban J connectivity index is 1.58. The summed E-state index contributed by atoms with van der Waals surface area (Å²) in [5, 5.41) is 16.8. The first kappa shape index (κ1) is 35.6. The normalized spacial score (nSPS) is 16.2. The number of alkyl halides is 6. The van der Waals surface area contributed by atoms with Crippen LogP contribution in [0.3, 0.4) is 0 Å². The van der Waals surface area contributed by atoms with Crippen LogP contribution in [0.5, 0.6) is 0 Å². The monoisotopic (exact) mass is 713 g/mol. The number of aromatic nitrogens is 3. The molecule has 4 aromatic rings. The molecule has 17 heteroatoms. The molecular weight excluding hydrogens is 686 g/mol. The number of carbonyl (C=O) groups excluding carboxylic acids is 1. The number of fused-ring (bicyclic) bond motifs is 1. The van der Waals surface area contributed by atoms with E-state index in [2.05, 4.69) is 15.4 Å². The smallest absolute Gasteiger partial charge is 0.288 e. The highest BCUT2D eigenvalue weighted by atomic mass is 35.5. The summed E-state index contributed by atoms with van der Waals surface area (Å²) in [6, 6.07) is 7.93. The number of amides is 1. The van der Waals surface area contributed by atoms with Gasteiger partial charge in [-0.2, -0.15) is 13.9 Å². The molecule has 0 fully saturated rings. The fraction of sp³-hybridized carbons (Fsp3) is 0.312. The lowest BCUT2D eigenvalue weighted by Crippen LogP contribution is -2.47. The fourth-order valence-electron chi connectivity index (χ4n) is 5.88. The van der Waals surface area contributed by atoms with Gasteiger partial charge in [-0.05, 0) is 43.2 Å². The van der Waals surface area contributed by atoms with Crippen molar-refractivity contribution < 1.29 is 39.9 Å². The van der Waals surface area contributed by atoms with Crippen molar-refractivity contribution in [3.63, 3.8) is 0 Å². The molecule has 0 saturated carbocycles. The molecule has 5 N–H and O–H groups in total. The van der Waals surface area contributed by atoms with E-state index in [0.29, 0.717) is 33.8 Å². The second-order valence-electron chi connectivity index (χ2n) is 11.5. The molecule has 1 aliphatic rings. The number of halogens is 9. The van der Waals surface area contributed by atoms with Crippen LogP contribution in [0.15, 0.2) is 53.7 Å². The minimum atomic E-state index is -4.20. The van der Waals surface area contributed by atoms with Crippen molar-refractivity contribution in [1.29, 1.82) is 5.41 Å². The molecule has 0 aliphatic heterocycles. The van der Waals surface area contributed by atoms with Crippen molar-refractivity contribution in [1.82, 2.24) is 25.4 Å². The highest BCUT2D eigenvalue weighted by Gasteiger charge is 2.53. The molecule has 2 aromatic carbocycles. The Morgan fingerprint density at radius 2 is 1.67 bits per heavy atom. The van der Waals surface area contributed by atoms with Crippen LogP contribution in [0.25, 0.3) is 22.0 Å². The van der Waals surface area contributed by atoms with Crippen LogP contribution in [0, 0.1) is 24.0 Å². The Morgan fingerprint density at radius 1 is 1.04 bits per heavy atom. The Kier molecular flexibility index (Phi) is 9.65. The first-order chi connectivity index (χ1) is 22.9. The average molecular weight is 714 g/mol. The van der Waals surface area contributed by atoms with Crippen LogP contribution >= 0.6 is 11.6 Å². The molecule has 8 nitrogen and oxygen atoms in total. The zero-order valence-corrected chi connectivity index (χ0v) is 26.5. The van der Waals surface area contributed by atoms with Crippen molar-refractivity contribution in [2.24, 2.45) is 7.05 Å². The number of nitrogen functional groups attached to an aromatic ring is 1.